The van der Waals surface area contributed by atoms with E-state index in [0.717, 1.165) is 37.3 Å². The van der Waals surface area contributed by atoms with Gasteiger partial charge in [0, 0.05) is 13.0 Å². The second kappa shape index (κ2) is 7.11. The summed E-state index contributed by atoms with van der Waals surface area (Å²) in [5.74, 6) is 1.63. The molecule has 0 saturated heterocycles. The topological polar surface area (TPSA) is 62.8 Å². The van der Waals surface area contributed by atoms with E-state index in [2.05, 4.69) is 20.5 Å². The second-order valence-electron chi connectivity index (χ2n) is 4.18. The maximum Gasteiger partial charge on any atom is 0.137 e. The molecule has 0 bridgehead atoms. The van der Waals surface area contributed by atoms with Crippen LogP contribution in [0.1, 0.15) is 17.8 Å². The van der Waals surface area contributed by atoms with Gasteiger partial charge >= 0.3 is 0 Å². The molecule has 102 valence electrons. The van der Waals surface area contributed by atoms with Crippen LogP contribution in [0, 0.1) is 0 Å². The lowest BCUT2D eigenvalue weighted by molar-refractivity contribution is 0.415. The van der Waals surface area contributed by atoms with Gasteiger partial charge in [-0.1, -0.05) is 17.7 Å². The molecule has 1 aromatic heterocycles. The first-order chi connectivity index (χ1) is 9.29. The number of nitrogens with one attached hydrogen (secondary N) is 2. The monoisotopic (exact) mass is 280 g/mol. The summed E-state index contributed by atoms with van der Waals surface area (Å²) in [6.07, 6.45) is 3.44. The molecular formula is C13H17ClN4O. The van der Waals surface area contributed by atoms with Crippen molar-refractivity contribution in [2.24, 2.45) is 0 Å². The minimum absolute atomic E-state index is 0.642. The fourth-order valence-electron chi connectivity index (χ4n) is 1.78. The molecule has 0 amide bonds. The highest BCUT2D eigenvalue weighted by Gasteiger charge is 2.01. The zero-order valence-electron chi connectivity index (χ0n) is 10.8. The van der Waals surface area contributed by atoms with E-state index >= 15 is 0 Å². The van der Waals surface area contributed by atoms with Gasteiger partial charge in [-0.15, -0.1) is 0 Å². The molecule has 0 atom stereocenters. The molecule has 5 nitrogen and oxygen atoms in total. The van der Waals surface area contributed by atoms with Crippen molar-refractivity contribution in [1.82, 2.24) is 20.5 Å². The maximum atomic E-state index is 6.07. The summed E-state index contributed by atoms with van der Waals surface area (Å²) in [6, 6.07) is 5.81. The molecule has 0 fully saturated rings. The third-order valence-corrected chi connectivity index (χ3v) is 3.07. The molecule has 0 spiro atoms. The summed E-state index contributed by atoms with van der Waals surface area (Å²) in [5.41, 5.74) is 1.14. The Morgan fingerprint density at radius 2 is 2.32 bits per heavy atom. The predicted octanol–water partition coefficient (Wildman–Crippen LogP) is 2.19. The Labute approximate surface area is 117 Å². The molecule has 19 heavy (non-hydrogen) atoms. The van der Waals surface area contributed by atoms with Crippen molar-refractivity contribution in [1.29, 1.82) is 0 Å². The molecule has 0 unspecified atom stereocenters. The number of benzene rings is 1. The van der Waals surface area contributed by atoms with Crippen LogP contribution in [0.15, 0.2) is 24.5 Å². The number of hydrogen-bond donors (Lipinski definition) is 2. The van der Waals surface area contributed by atoms with Gasteiger partial charge in [-0.3, -0.25) is 5.10 Å². The zero-order chi connectivity index (χ0) is 13.5. The normalized spacial score (nSPS) is 10.6. The van der Waals surface area contributed by atoms with Crippen LogP contribution >= 0.6 is 11.6 Å². The highest BCUT2D eigenvalue weighted by Crippen LogP contribution is 2.24. The first-order valence-corrected chi connectivity index (χ1v) is 6.55. The third kappa shape index (κ3) is 4.22. The number of rotatable bonds is 7. The number of H-pyrrole nitrogens is 1. The lowest BCUT2D eigenvalue weighted by atomic mass is 10.2. The van der Waals surface area contributed by atoms with Crippen molar-refractivity contribution < 1.29 is 4.74 Å². The van der Waals surface area contributed by atoms with Crippen molar-refractivity contribution in [2.75, 3.05) is 13.7 Å². The summed E-state index contributed by atoms with van der Waals surface area (Å²) >= 11 is 6.07. The second-order valence-corrected chi connectivity index (χ2v) is 4.59. The van der Waals surface area contributed by atoms with E-state index < -0.39 is 0 Å². The van der Waals surface area contributed by atoms with Crippen LogP contribution in [0.5, 0.6) is 5.75 Å². The summed E-state index contributed by atoms with van der Waals surface area (Å²) < 4.78 is 5.12. The van der Waals surface area contributed by atoms with E-state index in [1.165, 1.54) is 6.33 Å². The molecule has 0 aliphatic rings. The van der Waals surface area contributed by atoms with E-state index in [-0.39, 0.29) is 0 Å². The Morgan fingerprint density at radius 1 is 1.42 bits per heavy atom. The molecule has 0 aliphatic heterocycles. The van der Waals surface area contributed by atoms with Crippen LogP contribution in [0.25, 0.3) is 0 Å². The molecule has 6 heteroatoms. The summed E-state index contributed by atoms with van der Waals surface area (Å²) in [5, 5.41) is 10.7. The highest BCUT2D eigenvalue weighted by molar-refractivity contribution is 6.32. The highest BCUT2D eigenvalue weighted by atomic mass is 35.5. The standard InChI is InChI=1S/C13H17ClN4O/c1-19-12-5-4-10(7-11(12)14)8-15-6-2-3-13-16-9-17-18-13/h4-5,7,9,15H,2-3,6,8H2,1H3,(H,16,17,18). The van der Waals surface area contributed by atoms with Gasteiger partial charge < -0.3 is 10.1 Å². The van der Waals surface area contributed by atoms with Crippen molar-refractivity contribution in [3.05, 3.63) is 40.9 Å². The number of ether oxygens (including phenoxy) is 1. The minimum Gasteiger partial charge on any atom is -0.495 e. The summed E-state index contributed by atoms with van der Waals surface area (Å²) in [4.78, 5) is 4.08. The van der Waals surface area contributed by atoms with Crippen LogP contribution in [0.2, 0.25) is 5.02 Å². The lowest BCUT2D eigenvalue weighted by Gasteiger charge is -2.07. The first kappa shape index (κ1) is 13.8. The molecule has 1 aromatic carbocycles. The molecule has 0 aliphatic carbocycles. The van der Waals surface area contributed by atoms with Crippen LogP contribution in [0.3, 0.4) is 0 Å². The Kier molecular flexibility index (Phi) is 5.18. The molecular weight excluding hydrogens is 264 g/mol. The summed E-state index contributed by atoms with van der Waals surface area (Å²) in [7, 11) is 1.61. The van der Waals surface area contributed by atoms with E-state index in [0.29, 0.717) is 10.8 Å². The molecule has 1 heterocycles. The number of halogens is 1. The first-order valence-electron chi connectivity index (χ1n) is 6.17. The van der Waals surface area contributed by atoms with Crippen LogP contribution < -0.4 is 10.1 Å². The average molecular weight is 281 g/mol. The molecule has 0 saturated carbocycles. The van der Waals surface area contributed by atoms with Crippen LogP contribution in [0.4, 0.5) is 0 Å². The van der Waals surface area contributed by atoms with Crippen molar-refractivity contribution in [2.45, 2.75) is 19.4 Å². The average Bonchev–Trinajstić information content (AvgIpc) is 2.92. The molecule has 0 radical (unpaired) electrons. The number of aryl methyl sites for hydroxylation is 1. The number of aromatic nitrogens is 3. The minimum atomic E-state index is 0.642. The SMILES string of the molecule is COc1ccc(CNCCCc2ncn[nH]2)cc1Cl. The van der Waals surface area contributed by atoms with Crippen molar-refractivity contribution in [3.63, 3.8) is 0 Å². The Balaban J connectivity index is 1.69. The molecule has 2 aromatic rings. The maximum absolute atomic E-state index is 6.07. The van der Waals surface area contributed by atoms with Gasteiger partial charge in [0.15, 0.2) is 0 Å². The van der Waals surface area contributed by atoms with Gasteiger partial charge in [0.1, 0.15) is 17.9 Å². The number of hydrogen-bond acceptors (Lipinski definition) is 4. The third-order valence-electron chi connectivity index (χ3n) is 2.78. The van der Waals surface area contributed by atoms with E-state index in [4.69, 9.17) is 16.3 Å². The van der Waals surface area contributed by atoms with Crippen molar-refractivity contribution >= 4 is 11.6 Å². The van der Waals surface area contributed by atoms with E-state index in [1.807, 2.05) is 18.2 Å². The number of aromatic amines is 1. The largest absolute Gasteiger partial charge is 0.495 e. The quantitative estimate of drug-likeness (QED) is 0.763. The van der Waals surface area contributed by atoms with Gasteiger partial charge in [0.25, 0.3) is 0 Å². The summed E-state index contributed by atoms with van der Waals surface area (Å²) in [6.45, 7) is 1.71. The van der Waals surface area contributed by atoms with Crippen LogP contribution in [-0.2, 0) is 13.0 Å². The smallest absolute Gasteiger partial charge is 0.137 e. The molecule has 2 rings (SSSR count). The van der Waals surface area contributed by atoms with Gasteiger partial charge in [-0.2, -0.15) is 5.10 Å². The Morgan fingerprint density at radius 3 is 3.00 bits per heavy atom. The number of methoxy groups -OCH3 is 1. The van der Waals surface area contributed by atoms with Crippen LogP contribution in [-0.4, -0.2) is 28.8 Å². The van der Waals surface area contributed by atoms with E-state index in [1.54, 1.807) is 7.11 Å². The zero-order valence-corrected chi connectivity index (χ0v) is 11.6. The van der Waals surface area contributed by atoms with E-state index in [9.17, 15) is 0 Å². The van der Waals surface area contributed by atoms with Gasteiger partial charge in [-0.25, -0.2) is 4.98 Å². The number of nitrogens with zero attached hydrogens (tertiary/aromatic N) is 2. The Hall–Kier alpha value is -1.59. The fourth-order valence-corrected chi connectivity index (χ4v) is 2.06. The van der Waals surface area contributed by atoms with Crippen molar-refractivity contribution in [3.8, 4) is 5.75 Å². The Bertz CT molecular complexity index is 501. The van der Waals surface area contributed by atoms with Gasteiger partial charge in [-0.05, 0) is 30.7 Å². The predicted molar refractivity (Wildman–Crippen MR) is 74.4 cm³/mol. The molecule has 2 N–H and O–H groups in total. The fraction of sp³-hybridized carbons (Fsp3) is 0.385. The lowest BCUT2D eigenvalue weighted by Crippen LogP contribution is -2.15. The van der Waals surface area contributed by atoms with Gasteiger partial charge in [0.2, 0.25) is 0 Å². The van der Waals surface area contributed by atoms with Gasteiger partial charge in [0.05, 0.1) is 12.1 Å².